The SMILES string of the molecule is C=C(C)C(=O)Oc1ccc(-c2ccc(/C=C/c3ccc(-c4ccc(OC(=O)C(C)C)c(OC(=O)C(=C)C)c4)cc3)c(F)c2)cc1OC(=O)C(=C)C. The second-order valence-electron chi connectivity index (χ2n) is 12.1. The van der Waals surface area contributed by atoms with Crippen LogP contribution >= 0.6 is 0 Å². The highest BCUT2D eigenvalue weighted by atomic mass is 19.1. The Kier molecular flexibility index (Phi) is 12.0. The Morgan fingerprint density at radius 3 is 1.43 bits per heavy atom. The lowest BCUT2D eigenvalue weighted by Crippen LogP contribution is -2.16. The van der Waals surface area contributed by atoms with E-state index in [1.54, 1.807) is 62.4 Å². The van der Waals surface area contributed by atoms with Crippen LogP contribution in [0.4, 0.5) is 4.39 Å². The molecule has 0 saturated carbocycles. The zero-order chi connectivity index (χ0) is 37.4. The van der Waals surface area contributed by atoms with E-state index in [-0.39, 0.29) is 45.6 Å². The standard InChI is InChI=1S/C42H37FO8/c1-24(2)39(44)48-35-19-17-32(22-37(35)50-41(46)26(5)6)29-12-9-28(10-13-29)11-14-30-15-16-31(21-34(30)43)33-18-20-36(49-40(45)25(3)4)38(23-33)51-42(47)27(7)8/h9-24H,3,5,7H2,1-2,4,6,8H3/b14-11+. The minimum absolute atomic E-state index is 0.00297. The minimum atomic E-state index is -0.712. The van der Waals surface area contributed by atoms with Crippen molar-refractivity contribution >= 4 is 36.0 Å². The monoisotopic (exact) mass is 688 g/mol. The van der Waals surface area contributed by atoms with Crippen LogP contribution in [0.2, 0.25) is 0 Å². The molecule has 4 aromatic rings. The Hall–Kier alpha value is -6.35. The summed E-state index contributed by atoms with van der Waals surface area (Å²) in [5, 5.41) is 0. The highest BCUT2D eigenvalue weighted by Gasteiger charge is 2.19. The predicted octanol–water partition coefficient (Wildman–Crippen LogP) is 9.34. The van der Waals surface area contributed by atoms with Gasteiger partial charge in [-0.3, -0.25) is 4.79 Å². The van der Waals surface area contributed by atoms with Crippen molar-refractivity contribution in [3.63, 3.8) is 0 Å². The van der Waals surface area contributed by atoms with Crippen LogP contribution in [0.25, 0.3) is 34.4 Å². The maximum Gasteiger partial charge on any atom is 0.338 e. The largest absolute Gasteiger partial charge is 0.422 e. The summed E-state index contributed by atoms with van der Waals surface area (Å²) in [6, 6.07) is 21.6. The first-order valence-corrected chi connectivity index (χ1v) is 15.8. The lowest BCUT2D eigenvalue weighted by molar-refractivity contribution is -0.138. The number of halogens is 1. The summed E-state index contributed by atoms with van der Waals surface area (Å²) in [6.45, 7) is 18.6. The van der Waals surface area contributed by atoms with Crippen molar-refractivity contribution in [3.8, 4) is 45.3 Å². The Labute approximate surface area is 296 Å². The molecule has 0 spiro atoms. The fourth-order valence-electron chi connectivity index (χ4n) is 4.31. The number of ether oxygens (including phenoxy) is 4. The molecule has 0 atom stereocenters. The van der Waals surface area contributed by atoms with Gasteiger partial charge in [-0.25, -0.2) is 18.8 Å². The van der Waals surface area contributed by atoms with Crippen molar-refractivity contribution in [1.82, 2.24) is 0 Å². The zero-order valence-corrected chi connectivity index (χ0v) is 29.0. The lowest BCUT2D eigenvalue weighted by atomic mass is 10.0. The quantitative estimate of drug-likeness (QED) is 0.0628. The molecule has 0 heterocycles. The van der Waals surface area contributed by atoms with Crippen LogP contribution < -0.4 is 18.9 Å². The van der Waals surface area contributed by atoms with Crippen LogP contribution in [0.1, 0.15) is 45.7 Å². The Balaban J connectivity index is 1.55. The van der Waals surface area contributed by atoms with Gasteiger partial charge in [0.05, 0.1) is 5.92 Å². The van der Waals surface area contributed by atoms with E-state index in [9.17, 15) is 19.2 Å². The first-order valence-electron chi connectivity index (χ1n) is 15.8. The van der Waals surface area contributed by atoms with Gasteiger partial charge in [-0.2, -0.15) is 0 Å². The summed E-state index contributed by atoms with van der Waals surface area (Å²) in [5.74, 6) is -3.22. The molecule has 8 nitrogen and oxygen atoms in total. The van der Waals surface area contributed by atoms with Gasteiger partial charge in [0, 0.05) is 22.3 Å². The Morgan fingerprint density at radius 2 is 0.961 bits per heavy atom. The average Bonchev–Trinajstić information content (AvgIpc) is 3.09. The molecule has 0 aliphatic carbocycles. The van der Waals surface area contributed by atoms with Crippen molar-refractivity contribution in [2.45, 2.75) is 34.6 Å². The van der Waals surface area contributed by atoms with Gasteiger partial charge in [0.25, 0.3) is 0 Å². The maximum atomic E-state index is 15.3. The van der Waals surface area contributed by atoms with Gasteiger partial charge in [-0.05, 0) is 78.9 Å². The van der Waals surface area contributed by atoms with E-state index in [1.165, 1.54) is 39.0 Å². The summed E-state index contributed by atoms with van der Waals surface area (Å²) in [6.07, 6.45) is 3.40. The molecule has 0 aromatic heterocycles. The van der Waals surface area contributed by atoms with Gasteiger partial charge in [-0.1, -0.05) is 94.3 Å². The van der Waals surface area contributed by atoms with E-state index in [1.807, 2.05) is 24.3 Å². The van der Waals surface area contributed by atoms with Crippen molar-refractivity contribution in [1.29, 1.82) is 0 Å². The van der Waals surface area contributed by atoms with Crippen molar-refractivity contribution in [2.75, 3.05) is 0 Å². The van der Waals surface area contributed by atoms with E-state index in [0.29, 0.717) is 22.3 Å². The first-order chi connectivity index (χ1) is 24.1. The van der Waals surface area contributed by atoms with Gasteiger partial charge >= 0.3 is 23.9 Å². The number of esters is 4. The zero-order valence-electron chi connectivity index (χ0n) is 29.0. The summed E-state index contributed by atoms with van der Waals surface area (Å²) < 4.78 is 36.9. The van der Waals surface area contributed by atoms with Gasteiger partial charge in [0.2, 0.25) is 0 Å². The van der Waals surface area contributed by atoms with E-state index >= 15 is 4.39 Å². The average molecular weight is 689 g/mol. The van der Waals surface area contributed by atoms with Crippen LogP contribution in [-0.2, 0) is 19.2 Å². The molecule has 0 fully saturated rings. The molecule has 260 valence electrons. The first kappa shape index (κ1) is 37.5. The van der Waals surface area contributed by atoms with E-state index in [2.05, 4.69) is 19.7 Å². The molecule has 0 aliphatic rings. The molecule has 0 amide bonds. The summed E-state index contributed by atoms with van der Waals surface area (Å²) >= 11 is 0. The topological polar surface area (TPSA) is 105 Å². The molecular formula is C42H37FO8. The van der Waals surface area contributed by atoms with E-state index < -0.39 is 29.7 Å². The van der Waals surface area contributed by atoms with E-state index in [0.717, 1.165) is 11.1 Å². The number of hydrogen-bond acceptors (Lipinski definition) is 8. The minimum Gasteiger partial charge on any atom is -0.422 e. The van der Waals surface area contributed by atoms with Crippen molar-refractivity contribution in [3.05, 3.63) is 132 Å². The molecule has 0 saturated heterocycles. The summed E-state index contributed by atoms with van der Waals surface area (Å²) in [5.41, 5.74) is 4.14. The van der Waals surface area contributed by atoms with E-state index in [4.69, 9.17) is 18.9 Å². The number of carbonyl (C=O) groups is 4. The third-order valence-electron chi connectivity index (χ3n) is 7.26. The second kappa shape index (κ2) is 16.4. The molecule has 0 N–H and O–H groups in total. The Bertz CT molecular complexity index is 2090. The van der Waals surface area contributed by atoms with Crippen LogP contribution in [0, 0.1) is 11.7 Å². The number of rotatable bonds is 12. The number of benzene rings is 4. The molecule has 0 unspecified atom stereocenters. The molecule has 9 heteroatoms. The van der Waals surface area contributed by atoms with Gasteiger partial charge in [0.1, 0.15) is 5.82 Å². The highest BCUT2D eigenvalue weighted by Crippen LogP contribution is 2.36. The normalized spacial score (nSPS) is 10.8. The van der Waals surface area contributed by atoms with Crippen molar-refractivity contribution < 1.29 is 42.5 Å². The van der Waals surface area contributed by atoms with Crippen LogP contribution in [0.3, 0.4) is 0 Å². The smallest absolute Gasteiger partial charge is 0.338 e. The second-order valence-corrected chi connectivity index (χ2v) is 12.1. The van der Waals surface area contributed by atoms with Crippen LogP contribution in [-0.4, -0.2) is 23.9 Å². The van der Waals surface area contributed by atoms with Crippen LogP contribution in [0.15, 0.2) is 115 Å². The molecule has 4 aromatic carbocycles. The predicted molar refractivity (Wildman–Crippen MR) is 194 cm³/mol. The fourth-order valence-corrected chi connectivity index (χ4v) is 4.31. The molecular weight excluding hydrogens is 651 g/mol. The van der Waals surface area contributed by atoms with Gasteiger partial charge < -0.3 is 18.9 Å². The van der Waals surface area contributed by atoms with Crippen LogP contribution in [0.5, 0.6) is 23.0 Å². The Morgan fingerprint density at radius 1 is 0.549 bits per heavy atom. The molecule has 0 bridgehead atoms. The molecule has 0 aliphatic heterocycles. The highest BCUT2D eigenvalue weighted by molar-refractivity contribution is 5.92. The third kappa shape index (κ3) is 9.86. The fraction of sp³-hybridized carbons (Fsp3) is 0.143. The molecule has 0 radical (unpaired) electrons. The number of carbonyl (C=O) groups excluding carboxylic acids is 4. The van der Waals surface area contributed by atoms with Gasteiger partial charge in [0.15, 0.2) is 23.0 Å². The van der Waals surface area contributed by atoms with Crippen molar-refractivity contribution in [2.24, 2.45) is 5.92 Å². The lowest BCUT2D eigenvalue weighted by Gasteiger charge is -2.13. The number of hydrogen-bond donors (Lipinski definition) is 0. The molecule has 51 heavy (non-hydrogen) atoms. The third-order valence-corrected chi connectivity index (χ3v) is 7.26. The van der Waals surface area contributed by atoms with Gasteiger partial charge in [-0.15, -0.1) is 0 Å². The summed E-state index contributed by atoms with van der Waals surface area (Å²) in [4.78, 5) is 48.9. The summed E-state index contributed by atoms with van der Waals surface area (Å²) in [7, 11) is 0. The maximum absolute atomic E-state index is 15.3. The molecule has 4 rings (SSSR count).